The molecule has 1 nitrogen and oxygen atoms in total. The first-order chi connectivity index (χ1) is 8.50. The first-order valence-electron chi connectivity index (χ1n) is 6.67. The SMILES string of the molecule is CC(C)CCCC(C)NCc1c(Cl)cccc1Cl. The Morgan fingerprint density at radius 3 is 2.22 bits per heavy atom. The highest BCUT2D eigenvalue weighted by atomic mass is 35.5. The van der Waals surface area contributed by atoms with E-state index in [0.717, 1.165) is 28.1 Å². The molecule has 0 aliphatic carbocycles. The summed E-state index contributed by atoms with van der Waals surface area (Å²) in [7, 11) is 0. The van der Waals surface area contributed by atoms with E-state index in [9.17, 15) is 0 Å². The van der Waals surface area contributed by atoms with Crippen LogP contribution in [-0.4, -0.2) is 6.04 Å². The third-order valence-corrected chi connectivity index (χ3v) is 3.82. The Hall–Kier alpha value is -0.240. The van der Waals surface area contributed by atoms with Gasteiger partial charge in [-0.05, 0) is 31.4 Å². The second-order valence-electron chi connectivity index (χ2n) is 5.31. The van der Waals surface area contributed by atoms with Crippen molar-refractivity contribution in [1.29, 1.82) is 0 Å². The lowest BCUT2D eigenvalue weighted by atomic mass is 10.0. The highest BCUT2D eigenvalue weighted by Crippen LogP contribution is 2.24. The van der Waals surface area contributed by atoms with E-state index in [1.807, 2.05) is 18.2 Å². The van der Waals surface area contributed by atoms with E-state index in [0.29, 0.717) is 6.04 Å². The van der Waals surface area contributed by atoms with Crippen molar-refractivity contribution in [1.82, 2.24) is 5.32 Å². The number of hydrogen-bond acceptors (Lipinski definition) is 1. The van der Waals surface area contributed by atoms with E-state index in [1.54, 1.807) is 0 Å². The van der Waals surface area contributed by atoms with E-state index in [2.05, 4.69) is 26.1 Å². The van der Waals surface area contributed by atoms with Crippen LogP contribution >= 0.6 is 23.2 Å². The summed E-state index contributed by atoms with van der Waals surface area (Å²) in [6.07, 6.45) is 3.75. The molecule has 102 valence electrons. The Kier molecular flexibility index (Phi) is 7.06. The summed E-state index contributed by atoms with van der Waals surface area (Å²) in [5, 5.41) is 4.97. The lowest BCUT2D eigenvalue weighted by molar-refractivity contribution is 0.457. The predicted molar refractivity (Wildman–Crippen MR) is 81.5 cm³/mol. The average Bonchev–Trinajstić information content (AvgIpc) is 2.27. The maximum Gasteiger partial charge on any atom is 0.0465 e. The maximum atomic E-state index is 6.13. The van der Waals surface area contributed by atoms with Crippen molar-refractivity contribution in [2.75, 3.05) is 0 Å². The van der Waals surface area contributed by atoms with Crippen LogP contribution in [0.5, 0.6) is 0 Å². The molecule has 0 radical (unpaired) electrons. The normalized spacial score (nSPS) is 13.0. The van der Waals surface area contributed by atoms with Gasteiger partial charge in [0, 0.05) is 28.2 Å². The molecular formula is C15H23Cl2N. The van der Waals surface area contributed by atoms with Gasteiger partial charge in [-0.3, -0.25) is 0 Å². The summed E-state index contributed by atoms with van der Waals surface area (Å²) in [6.45, 7) is 7.48. The molecular weight excluding hydrogens is 265 g/mol. The van der Waals surface area contributed by atoms with Crippen molar-refractivity contribution in [2.24, 2.45) is 5.92 Å². The molecule has 18 heavy (non-hydrogen) atoms. The van der Waals surface area contributed by atoms with Gasteiger partial charge < -0.3 is 5.32 Å². The van der Waals surface area contributed by atoms with E-state index in [-0.39, 0.29) is 0 Å². The molecule has 1 aromatic rings. The van der Waals surface area contributed by atoms with Gasteiger partial charge in [0.15, 0.2) is 0 Å². The molecule has 0 heterocycles. The van der Waals surface area contributed by atoms with Crippen LogP contribution < -0.4 is 5.32 Å². The fourth-order valence-corrected chi connectivity index (χ4v) is 2.44. The third kappa shape index (κ3) is 5.60. The highest BCUT2D eigenvalue weighted by Gasteiger charge is 2.07. The average molecular weight is 288 g/mol. The van der Waals surface area contributed by atoms with E-state index >= 15 is 0 Å². The summed E-state index contributed by atoms with van der Waals surface area (Å²) >= 11 is 12.3. The Balaban J connectivity index is 2.36. The molecule has 1 unspecified atom stereocenters. The molecule has 0 fully saturated rings. The van der Waals surface area contributed by atoms with Gasteiger partial charge in [0.25, 0.3) is 0 Å². The van der Waals surface area contributed by atoms with Crippen molar-refractivity contribution < 1.29 is 0 Å². The van der Waals surface area contributed by atoms with Gasteiger partial charge in [-0.25, -0.2) is 0 Å². The molecule has 1 aromatic carbocycles. The summed E-state index contributed by atoms with van der Waals surface area (Å²) in [5.41, 5.74) is 0.997. The Bertz CT molecular complexity index is 343. The maximum absolute atomic E-state index is 6.13. The first kappa shape index (κ1) is 15.8. The monoisotopic (exact) mass is 287 g/mol. The molecule has 1 N–H and O–H groups in total. The molecule has 0 aliphatic rings. The van der Waals surface area contributed by atoms with Crippen LogP contribution in [-0.2, 0) is 6.54 Å². The zero-order chi connectivity index (χ0) is 13.5. The quantitative estimate of drug-likeness (QED) is 0.718. The van der Waals surface area contributed by atoms with Gasteiger partial charge >= 0.3 is 0 Å². The van der Waals surface area contributed by atoms with Crippen molar-refractivity contribution in [3.63, 3.8) is 0 Å². The molecule has 0 aliphatic heterocycles. The van der Waals surface area contributed by atoms with Crippen molar-refractivity contribution in [3.8, 4) is 0 Å². The number of hydrogen-bond donors (Lipinski definition) is 1. The number of rotatable bonds is 7. The molecule has 0 saturated carbocycles. The van der Waals surface area contributed by atoms with Gasteiger partial charge in [0.1, 0.15) is 0 Å². The van der Waals surface area contributed by atoms with Crippen molar-refractivity contribution in [2.45, 2.75) is 52.6 Å². The minimum Gasteiger partial charge on any atom is -0.310 e. The van der Waals surface area contributed by atoms with Crippen LogP contribution in [0.2, 0.25) is 10.0 Å². The molecule has 1 atom stereocenters. The molecule has 3 heteroatoms. The molecule has 0 aromatic heterocycles. The van der Waals surface area contributed by atoms with Crippen molar-refractivity contribution in [3.05, 3.63) is 33.8 Å². The van der Waals surface area contributed by atoms with Crippen LogP contribution in [0.4, 0.5) is 0 Å². The topological polar surface area (TPSA) is 12.0 Å². The van der Waals surface area contributed by atoms with Gasteiger partial charge in [-0.1, -0.05) is 56.0 Å². The third-order valence-electron chi connectivity index (χ3n) is 3.11. The fourth-order valence-electron chi connectivity index (χ4n) is 1.91. The van der Waals surface area contributed by atoms with Crippen LogP contribution in [0, 0.1) is 5.92 Å². The minimum atomic E-state index is 0.496. The number of nitrogens with one attached hydrogen (secondary N) is 1. The summed E-state index contributed by atoms with van der Waals surface area (Å²) in [6, 6.07) is 6.14. The Morgan fingerprint density at radius 1 is 1.06 bits per heavy atom. The lowest BCUT2D eigenvalue weighted by Gasteiger charge is -2.15. The Labute approximate surface area is 121 Å². The zero-order valence-corrected chi connectivity index (χ0v) is 13.0. The van der Waals surface area contributed by atoms with Crippen LogP contribution in [0.1, 0.15) is 45.6 Å². The summed E-state index contributed by atoms with van der Waals surface area (Å²) < 4.78 is 0. The summed E-state index contributed by atoms with van der Waals surface area (Å²) in [4.78, 5) is 0. The Morgan fingerprint density at radius 2 is 1.67 bits per heavy atom. The van der Waals surface area contributed by atoms with E-state index in [4.69, 9.17) is 23.2 Å². The largest absolute Gasteiger partial charge is 0.310 e. The van der Waals surface area contributed by atoms with Crippen LogP contribution in [0.3, 0.4) is 0 Å². The van der Waals surface area contributed by atoms with Gasteiger partial charge in [0.05, 0.1) is 0 Å². The molecule has 0 bridgehead atoms. The predicted octanol–water partition coefficient (Wildman–Crippen LogP) is 5.30. The second-order valence-corrected chi connectivity index (χ2v) is 6.12. The molecule has 0 spiro atoms. The first-order valence-corrected chi connectivity index (χ1v) is 7.42. The molecule has 0 saturated heterocycles. The van der Waals surface area contributed by atoms with Crippen LogP contribution in [0.15, 0.2) is 18.2 Å². The highest BCUT2D eigenvalue weighted by molar-refractivity contribution is 6.35. The molecule has 1 rings (SSSR count). The minimum absolute atomic E-state index is 0.496. The zero-order valence-electron chi connectivity index (χ0n) is 11.5. The van der Waals surface area contributed by atoms with E-state index in [1.165, 1.54) is 19.3 Å². The van der Waals surface area contributed by atoms with Crippen molar-refractivity contribution >= 4 is 23.2 Å². The van der Waals surface area contributed by atoms with Gasteiger partial charge in [-0.15, -0.1) is 0 Å². The van der Waals surface area contributed by atoms with Crippen LogP contribution in [0.25, 0.3) is 0 Å². The summed E-state index contributed by atoms with van der Waals surface area (Å²) in [5.74, 6) is 0.787. The lowest BCUT2D eigenvalue weighted by Crippen LogP contribution is -2.25. The van der Waals surface area contributed by atoms with Gasteiger partial charge in [-0.2, -0.15) is 0 Å². The number of halogens is 2. The fraction of sp³-hybridized carbons (Fsp3) is 0.600. The second kappa shape index (κ2) is 8.04. The molecule has 0 amide bonds. The van der Waals surface area contributed by atoms with Gasteiger partial charge in [0.2, 0.25) is 0 Å². The van der Waals surface area contributed by atoms with E-state index < -0.39 is 0 Å². The standard InChI is InChI=1S/C15H23Cl2N/c1-11(2)6-4-7-12(3)18-10-13-14(16)8-5-9-15(13)17/h5,8-9,11-12,18H,4,6-7,10H2,1-3H3. The smallest absolute Gasteiger partial charge is 0.0465 e. The number of benzene rings is 1.